The SMILES string of the molecule is CC(C)(C(=O)N1CCN(c2ccc(S(=O)(=O)Nc3nccs3)cc2)C(=O)C1)n1ccc2cccc(Cl)c21.CC(C)[C@@H](C(=O)N1CCN(c2ccc(S(=O)(=O)Nc3nccs3)cc2)C(=O)C1)N1CCCc2ccccc21.Cc1cc2cc(Cl)ccc2n1C(C)C(=O)N1CCN(c2ccc(S(=O)(=O)Nc3nncs3)cc2)CC1.O=C(Cn1ccc2ccc(Cl)cc21)N1CCN(c2cccc(S(=O)(=O)Nc3nccs3)c2)CC1.[HH].[HH].[HH].[HH].[HH]. The number of halogens is 3. The number of hydrogen-bond acceptors (Lipinski definition) is 26. The van der Waals surface area contributed by atoms with Crippen LogP contribution in [0.2, 0.25) is 15.1 Å². The van der Waals surface area contributed by atoms with E-state index in [1.54, 1.807) is 115 Å². The summed E-state index contributed by atoms with van der Waals surface area (Å²) in [5.41, 5.74) is 9.45. The predicted octanol–water partition coefficient (Wildman–Crippen LogP) is 17.1. The van der Waals surface area contributed by atoms with Gasteiger partial charge >= 0.3 is 0 Å². The third kappa shape index (κ3) is 23.6. The maximum atomic E-state index is 13.8. The zero-order valence-electron chi connectivity index (χ0n) is 79.3. The molecule has 8 aromatic carbocycles. The molecule has 7 aromatic heterocycles. The minimum absolute atomic E-state index is 0. The van der Waals surface area contributed by atoms with Gasteiger partial charge in [0.2, 0.25) is 40.6 Å². The number of fused-ring (bicyclic) bond motifs is 4. The Labute approximate surface area is 877 Å². The molecule has 4 saturated heterocycles. The average Bonchev–Trinajstić information content (AvgIpc) is 1.61. The Bertz CT molecular complexity index is 7760. The minimum Gasteiger partial charge on any atom is -0.368 e. The number of nitrogens with one attached hydrogen (secondary N) is 4. The third-order valence-corrected chi connectivity index (χ3v) is 35.0. The van der Waals surface area contributed by atoms with E-state index in [0.717, 1.165) is 86.2 Å². The Kier molecular flexibility index (Phi) is 31.4. The second-order valence-electron chi connectivity index (χ2n) is 35.6. The lowest BCUT2D eigenvalue weighted by atomic mass is 9.94. The van der Waals surface area contributed by atoms with E-state index in [0.29, 0.717) is 104 Å². The van der Waals surface area contributed by atoms with E-state index in [1.807, 2.05) is 138 Å². The third-order valence-electron chi connectivity index (χ3n) is 25.7. The molecule has 4 fully saturated rings. The second kappa shape index (κ2) is 44.1. The van der Waals surface area contributed by atoms with E-state index < -0.39 is 45.6 Å². The van der Waals surface area contributed by atoms with E-state index in [1.165, 1.54) is 81.7 Å². The van der Waals surface area contributed by atoms with Crippen molar-refractivity contribution in [1.82, 2.24) is 58.5 Å². The largest absolute Gasteiger partial charge is 0.368 e. The molecule has 35 nitrogen and oxygen atoms in total. The van der Waals surface area contributed by atoms with Crippen molar-refractivity contribution in [2.75, 3.05) is 142 Å². The van der Waals surface area contributed by atoms with Crippen LogP contribution in [-0.4, -0.2) is 232 Å². The number of benzene rings is 8. The molecule has 1 unspecified atom stereocenters. The Morgan fingerprint density at radius 3 is 1.54 bits per heavy atom. The van der Waals surface area contributed by atoms with Crippen molar-refractivity contribution in [3.05, 3.63) is 273 Å². The first-order valence-corrected chi connectivity index (χ1v) is 56.9. The molecule has 2 atom stereocenters. The number of carbonyl (C=O) groups is 6. The fraction of sp³-hybridized carbons (Fsp3) is 0.283. The van der Waals surface area contributed by atoms with Crippen LogP contribution in [0.3, 0.4) is 0 Å². The molecule has 145 heavy (non-hydrogen) atoms. The molecule has 15 aromatic rings. The Balaban J connectivity index is 0.000000175. The minimum atomic E-state index is -3.79. The van der Waals surface area contributed by atoms with Gasteiger partial charge in [0.25, 0.3) is 40.1 Å². The number of piperazine rings is 4. The van der Waals surface area contributed by atoms with Gasteiger partial charge in [0, 0.05) is 205 Å². The summed E-state index contributed by atoms with van der Waals surface area (Å²) in [6, 6.07) is 56.3. The van der Waals surface area contributed by atoms with Gasteiger partial charge in [-0.3, -0.25) is 47.7 Å². The quantitative estimate of drug-likeness (QED) is 0.0413. The number of carbonyl (C=O) groups excluding carboxylic acids is 6. The van der Waals surface area contributed by atoms with Crippen LogP contribution in [-0.2, 0) is 87.4 Å². The number of sulfonamides is 4. The number of anilines is 9. The first-order valence-electron chi connectivity index (χ1n) is 46.3. The van der Waals surface area contributed by atoms with Gasteiger partial charge in [-0.05, 0) is 209 Å². The monoisotopic (exact) mass is 2180 g/mol. The van der Waals surface area contributed by atoms with Crippen LogP contribution in [0.15, 0.2) is 266 Å². The fourth-order valence-corrected chi connectivity index (χ4v) is 26.1. The number of amides is 6. The Morgan fingerprint density at radius 1 is 0.462 bits per heavy atom. The molecular weight excluding hydrogens is 2070 g/mol. The normalized spacial score (nSPS) is 15.4. The summed E-state index contributed by atoms with van der Waals surface area (Å²) >= 11 is 23.4. The molecule has 20 rings (SSSR count). The van der Waals surface area contributed by atoms with Crippen LogP contribution in [0, 0.1) is 12.8 Å². The van der Waals surface area contributed by atoms with Crippen LogP contribution in [0.25, 0.3) is 32.7 Å². The van der Waals surface area contributed by atoms with Crippen molar-refractivity contribution in [2.45, 2.75) is 98.1 Å². The second-order valence-corrected chi connectivity index (χ2v) is 47.2. The smallest absolute Gasteiger partial charge is 0.263 e. The number of nitrogens with zero attached hydrogens (tertiary/aromatic N) is 17. The lowest BCUT2D eigenvalue weighted by Crippen LogP contribution is -2.59. The maximum absolute atomic E-state index is 13.8. The molecule has 0 bridgehead atoms. The highest BCUT2D eigenvalue weighted by Gasteiger charge is 2.42. The molecule has 6 amide bonds. The first-order chi connectivity index (χ1) is 69.4. The van der Waals surface area contributed by atoms with Crippen LogP contribution < -0.4 is 43.4 Å². The summed E-state index contributed by atoms with van der Waals surface area (Å²) in [5, 5.41) is 18.4. The number of aryl methyl sites for hydroxylation is 2. The lowest BCUT2D eigenvalue weighted by Gasteiger charge is -2.43. The number of aromatic nitrogens is 8. The molecule has 46 heteroatoms. The van der Waals surface area contributed by atoms with Crippen molar-refractivity contribution in [1.29, 1.82) is 0 Å². The lowest BCUT2D eigenvalue weighted by molar-refractivity contribution is -0.143. The highest BCUT2D eigenvalue weighted by atomic mass is 35.5. The Morgan fingerprint density at radius 2 is 0.979 bits per heavy atom. The zero-order chi connectivity index (χ0) is 102. The topological polar surface area (TPSA) is 395 Å². The summed E-state index contributed by atoms with van der Waals surface area (Å²) in [6.07, 6.45) is 10.3. The van der Waals surface area contributed by atoms with Gasteiger partial charge < -0.3 is 57.8 Å². The van der Waals surface area contributed by atoms with Crippen LogP contribution in [0.4, 0.5) is 49.0 Å². The number of rotatable bonds is 25. The molecular formula is C99H112Cl3N21O14S8. The standard InChI is InChI=1S/C27H31N5O4S2.C25H24ClN5O4S2.C24H25ClN6O3S2.C23H22ClN5O3S2.5H2/c1-19(2)25(32-14-5-7-20-6-3-4-8-23(20)32)26(34)30-15-16-31(24(33)18-30)21-9-11-22(12-10-21)38(35,36)29-27-28-13-17-37-27;1-25(2,31-12-10-17-4-3-5-20(26)22(17)31)23(33)29-13-14-30(21(32)16-29)18-6-8-19(9-7-18)37(34,35)28-24-27-11-15-36-24;1-16-13-18-14-19(25)3-8-22(18)31(16)17(2)23(32)30-11-9-29(10-12-30)20-4-6-21(7-5-20)36(33,34)28-24-27-26-15-35-24;24-18-5-4-17-6-8-29(21(17)14-18)16-22(30)28-11-9-27(10-12-28)19-2-1-3-20(15-19)34(31,32)26-23-25-7-13-33-23;;;;;/h3-4,6,8-13,17,19,25H,5,7,14-16,18H2,1-2H3,(H,28,29);3-12,15H,13-14,16H2,1-2H3,(H,27,28);3-8,13-15,17H,9-12H2,1-2H3,(H,27,28);1-8,13-15H,9-12,16H2,(H,25,26);5*1H/t25-;;;;;;;;/m0......../s1. The maximum Gasteiger partial charge on any atom is 0.263 e. The molecule has 0 spiro atoms. The van der Waals surface area contributed by atoms with Crippen molar-refractivity contribution in [3.63, 3.8) is 0 Å². The van der Waals surface area contributed by atoms with E-state index in [-0.39, 0.29) is 122 Å². The van der Waals surface area contributed by atoms with E-state index >= 15 is 0 Å². The van der Waals surface area contributed by atoms with Crippen LogP contribution >= 0.6 is 80.1 Å². The molecule has 5 aliphatic rings. The van der Waals surface area contributed by atoms with E-state index in [9.17, 15) is 62.4 Å². The number of thiazole rings is 3. The van der Waals surface area contributed by atoms with Gasteiger partial charge in [0.1, 0.15) is 42.8 Å². The summed E-state index contributed by atoms with van der Waals surface area (Å²) in [6.45, 7) is 18.9. The molecule has 12 heterocycles. The molecule has 0 radical (unpaired) electrons. The Hall–Kier alpha value is -13.1. The summed E-state index contributed by atoms with van der Waals surface area (Å²) in [4.78, 5) is 109. The van der Waals surface area contributed by atoms with Crippen molar-refractivity contribution >= 4 is 237 Å². The van der Waals surface area contributed by atoms with Gasteiger partial charge in [-0.1, -0.05) is 102 Å². The molecule has 0 aliphatic carbocycles. The average molecular weight is 2180 g/mol. The fourth-order valence-electron chi connectivity index (χ4n) is 18.4. The van der Waals surface area contributed by atoms with Crippen LogP contribution in [0.1, 0.15) is 65.5 Å². The zero-order valence-corrected chi connectivity index (χ0v) is 88.1. The van der Waals surface area contributed by atoms with Gasteiger partial charge in [0.05, 0.1) is 30.1 Å². The van der Waals surface area contributed by atoms with Crippen molar-refractivity contribution in [2.24, 2.45) is 5.92 Å². The molecule has 4 N–H and O–H groups in total. The summed E-state index contributed by atoms with van der Waals surface area (Å²) < 4.78 is 117. The molecule has 0 saturated carbocycles. The molecule has 5 aliphatic heterocycles. The summed E-state index contributed by atoms with van der Waals surface area (Å²) in [5.74, 6) is -0.457. The number of hydrogen-bond donors (Lipinski definition) is 4. The van der Waals surface area contributed by atoms with Gasteiger partial charge in [-0.15, -0.1) is 44.2 Å². The highest BCUT2D eigenvalue weighted by Crippen LogP contribution is 2.38. The van der Waals surface area contributed by atoms with Crippen molar-refractivity contribution < 1.29 is 69.6 Å². The predicted molar refractivity (Wildman–Crippen MR) is 582 cm³/mol. The highest BCUT2D eigenvalue weighted by molar-refractivity contribution is 7.94. The van der Waals surface area contributed by atoms with Crippen molar-refractivity contribution in [3.8, 4) is 0 Å². The van der Waals surface area contributed by atoms with Gasteiger partial charge in [0.15, 0.2) is 15.4 Å². The van der Waals surface area contributed by atoms with Crippen LogP contribution in [0.5, 0.6) is 0 Å². The van der Waals surface area contributed by atoms with E-state index in [2.05, 4.69) is 95.4 Å². The van der Waals surface area contributed by atoms with Gasteiger partial charge in [-0.25, -0.2) is 48.6 Å². The number of para-hydroxylation sites is 2. The molecule has 766 valence electrons. The first kappa shape index (κ1) is 103. The summed E-state index contributed by atoms with van der Waals surface area (Å²) in [7, 11) is -15.0. The van der Waals surface area contributed by atoms with E-state index in [4.69, 9.17) is 34.8 Å². The van der Waals surface area contributed by atoms with Gasteiger partial charge in [-0.2, -0.15) is 0 Å².